The Bertz CT molecular complexity index is 720. The summed E-state index contributed by atoms with van der Waals surface area (Å²) in [5, 5.41) is 9.71. The van der Waals surface area contributed by atoms with E-state index in [0.717, 1.165) is 24.3 Å². The van der Waals surface area contributed by atoms with E-state index in [-0.39, 0.29) is 6.04 Å². The maximum Gasteiger partial charge on any atom is 0.0682 e. The van der Waals surface area contributed by atoms with Crippen molar-refractivity contribution < 1.29 is 0 Å². The molecule has 0 bridgehead atoms. The summed E-state index contributed by atoms with van der Waals surface area (Å²) in [6, 6.07) is 12.2. The Balaban J connectivity index is 1.59. The SMILES string of the molecule is CC(NCCn1ncc2ccccc21)c1ccc(Cl)cn1. The normalized spacial score (nSPS) is 12.7. The Labute approximate surface area is 128 Å². The van der Waals surface area contributed by atoms with Gasteiger partial charge in [-0.15, -0.1) is 0 Å². The summed E-state index contributed by atoms with van der Waals surface area (Å²) in [7, 11) is 0. The monoisotopic (exact) mass is 300 g/mol. The molecule has 0 saturated heterocycles. The van der Waals surface area contributed by atoms with Crippen LogP contribution in [-0.4, -0.2) is 21.3 Å². The Kier molecular flexibility index (Phi) is 4.18. The summed E-state index contributed by atoms with van der Waals surface area (Å²) in [4.78, 5) is 4.33. The number of aromatic nitrogens is 3. The highest BCUT2D eigenvalue weighted by atomic mass is 35.5. The number of nitrogens with one attached hydrogen (secondary N) is 1. The number of fused-ring (bicyclic) bond motifs is 1. The molecule has 5 heteroatoms. The molecule has 0 aliphatic rings. The number of hydrogen-bond acceptors (Lipinski definition) is 3. The topological polar surface area (TPSA) is 42.7 Å². The van der Waals surface area contributed by atoms with E-state index in [9.17, 15) is 0 Å². The van der Waals surface area contributed by atoms with E-state index >= 15 is 0 Å². The molecule has 4 nitrogen and oxygen atoms in total. The molecule has 108 valence electrons. The molecular weight excluding hydrogens is 284 g/mol. The molecule has 1 unspecified atom stereocenters. The van der Waals surface area contributed by atoms with E-state index < -0.39 is 0 Å². The van der Waals surface area contributed by atoms with Crippen LogP contribution in [0.4, 0.5) is 0 Å². The number of benzene rings is 1. The van der Waals surface area contributed by atoms with Crippen LogP contribution < -0.4 is 5.32 Å². The molecule has 0 radical (unpaired) electrons. The van der Waals surface area contributed by atoms with Crippen molar-refractivity contribution in [2.45, 2.75) is 19.5 Å². The number of rotatable bonds is 5. The van der Waals surface area contributed by atoms with Gasteiger partial charge < -0.3 is 5.32 Å². The standard InChI is InChI=1S/C16H17ClN4/c1-12(15-7-6-14(17)11-19-15)18-8-9-21-16-5-3-2-4-13(16)10-20-21/h2-7,10-12,18H,8-9H2,1H3. The average Bonchev–Trinajstić information content (AvgIpc) is 2.91. The van der Waals surface area contributed by atoms with E-state index in [1.165, 1.54) is 5.39 Å². The number of para-hydroxylation sites is 1. The third-order valence-electron chi connectivity index (χ3n) is 3.52. The Morgan fingerprint density at radius 2 is 2.05 bits per heavy atom. The number of halogens is 1. The van der Waals surface area contributed by atoms with Crippen molar-refractivity contribution in [3.8, 4) is 0 Å². The van der Waals surface area contributed by atoms with Crippen LogP contribution >= 0.6 is 11.6 Å². The minimum absolute atomic E-state index is 0.184. The summed E-state index contributed by atoms with van der Waals surface area (Å²) < 4.78 is 2.02. The first kappa shape index (κ1) is 14.0. The zero-order valence-corrected chi connectivity index (χ0v) is 12.6. The summed E-state index contributed by atoms with van der Waals surface area (Å²) in [5.41, 5.74) is 2.15. The van der Waals surface area contributed by atoms with E-state index in [0.29, 0.717) is 5.02 Å². The van der Waals surface area contributed by atoms with E-state index in [1.807, 2.05) is 35.1 Å². The van der Waals surface area contributed by atoms with Crippen molar-refractivity contribution in [3.63, 3.8) is 0 Å². The third-order valence-corrected chi connectivity index (χ3v) is 3.74. The fourth-order valence-electron chi connectivity index (χ4n) is 2.34. The second-order valence-corrected chi connectivity index (χ2v) is 5.44. The number of pyridine rings is 1. The molecular formula is C16H17ClN4. The van der Waals surface area contributed by atoms with Crippen molar-refractivity contribution in [1.82, 2.24) is 20.1 Å². The van der Waals surface area contributed by atoms with Gasteiger partial charge in [-0.25, -0.2) is 0 Å². The fraction of sp³-hybridized carbons (Fsp3) is 0.250. The maximum absolute atomic E-state index is 5.85. The smallest absolute Gasteiger partial charge is 0.0682 e. The largest absolute Gasteiger partial charge is 0.307 e. The zero-order valence-electron chi connectivity index (χ0n) is 11.8. The van der Waals surface area contributed by atoms with Crippen LogP contribution in [0.2, 0.25) is 5.02 Å². The highest BCUT2D eigenvalue weighted by Crippen LogP contribution is 2.14. The van der Waals surface area contributed by atoms with Gasteiger partial charge >= 0.3 is 0 Å². The fourth-order valence-corrected chi connectivity index (χ4v) is 2.45. The van der Waals surface area contributed by atoms with Gasteiger partial charge in [0.2, 0.25) is 0 Å². The highest BCUT2D eigenvalue weighted by molar-refractivity contribution is 6.30. The summed E-state index contributed by atoms with van der Waals surface area (Å²) >= 11 is 5.85. The lowest BCUT2D eigenvalue weighted by Crippen LogP contribution is -2.24. The molecule has 0 saturated carbocycles. The molecule has 0 aliphatic carbocycles. The van der Waals surface area contributed by atoms with Crippen LogP contribution in [0.5, 0.6) is 0 Å². The highest BCUT2D eigenvalue weighted by Gasteiger charge is 2.06. The molecule has 1 aromatic carbocycles. The number of nitrogens with zero attached hydrogens (tertiary/aromatic N) is 3. The molecule has 1 atom stereocenters. The molecule has 0 spiro atoms. The van der Waals surface area contributed by atoms with Crippen molar-refractivity contribution >= 4 is 22.5 Å². The predicted octanol–water partition coefficient (Wildman–Crippen LogP) is 3.44. The van der Waals surface area contributed by atoms with Crippen LogP contribution in [0.1, 0.15) is 18.7 Å². The number of hydrogen-bond donors (Lipinski definition) is 1. The van der Waals surface area contributed by atoms with Gasteiger partial charge in [-0.05, 0) is 25.1 Å². The van der Waals surface area contributed by atoms with Crippen LogP contribution in [0, 0.1) is 0 Å². The quantitative estimate of drug-likeness (QED) is 0.785. The van der Waals surface area contributed by atoms with Crippen LogP contribution in [0.15, 0.2) is 48.8 Å². The van der Waals surface area contributed by atoms with Crippen molar-refractivity contribution in [3.05, 3.63) is 59.5 Å². The lowest BCUT2D eigenvalue weighted by molar-refractivity contribution is 0.508. The van der Waals surface area contributed by atoms with Crippen LogP contribution in [0.25, 0.3) is 10.9 Å². The molecule has 3 rings (SSSR count). The molecule has 0 aliphatic heterocycles. The van der Waals surface area contributed by atoms with Gasteiger partial charge in [0.25, 0.3) is 0 Å². The van der Waals surface area contributed by atoms with E-state index in [4.69, 9.17) is 11.6 Å². The Morgan fingerprint density at radius 3 is 2.86 bits per heavy atom. The first-order valence-corrected chi connectivity index (χ1v) is 7.37. The van der Waals surface area contributed by atoms with E-state index in [2.05, 4.69) is 34.5 Å². The van der Waals surface area contributed by atoms with Gasteiger partial charge in [0, 0.05) is 24.2 Å². The molecule has 0 fully saturated rings. The molecule has 3 aromatic rings. The lowest BCUT2D eigenvalue weighted by atomic mass is 10.2. The first-order valence-electron chi connectivity index (χ1n) is 6.99. The third kappa shape index (κ3) is 3.23. The van der Waals surface area contributed by atoms with Crippen molar-refractivity contribution in [2.75, 3.05) is 6.54 Å². The molecule has 2 aromatic heterocycles. The minimum atomic E-state index is 0.184. The second-order valence-electron chi connectivity index (χ2n) is 5.00. The lowest BCUT2D eigenvalue weighted by Gasteiger charge is -2.13. The summed E-state index contributed by atoms with van der Waals surface area (Å²) in [6.45, 7) is 3.75. The van der Waals surface area contributed by atoms with Gasteiger partial charge in [0.15, 0.2) is 0 Å². The Morgan fingerprint density at radius 1 is 1.19 bits per heavy atom. The first-order chi connectivity index (χ1) is 10.2. The van der Waals surface area contributed by atoms with Crippen LogP contribution in [0.3, 0.4) is 0 Å². The second kappa shape index (κ2) is 6.24. The molecule has 2 heterocycles. The molecule has 0 amide bonds. The molecule has 1 N–H and O–H groups in total. The maximum atomic E-state index is 5.85. The summed E-state index contributed by atoms with van der Waals surface area (Å²) in [6.07, 6.45) is 3.58. The van der Waals surface area contributed by atoms with Crippen LogP contribution in [-0.2, 0) is 6.54 Å². The summed E-state index contributed by atoms with van der Waals surface area (Å²) in [5.74, 6) is 0. The Hall–Kier alpha value is -1.91. The van der Waals surface area contributed by atoms with Crippen molar-refractivity contribution in [2.24, 2.45) is 0 Å². The van der Waals surface area contributed by atoms with Gasteiger partial charge in [0.05, 0.1) is 29.0 Å². The van der Waals surface area contributed by atoms with E-state index in [1.54, 1.807) is 6.20 Å². The zero-order chi connectivity index (χ0) is 14.7. The predicted molar refractivity (Wildman–Crippen MR) is 85.4 cm³/mol. The van der Waals surface area contributed by atoms with Gasteiger partial charge in [-0.2, -0.15) is 5.10 Å². The van der Waals surface area contributed by atoms with Crippen molar-refractivity contribution in [1.29, 1.82) is 0 Å². The average molecular weight is 301 g/mol. The molecule has 21 heavy (non-hydrogen) atoms. The van der Waals surface area contributed by atoms with Gasteiger partial charge in [-0.1, -0.05) is 29.8 Å². The van der Waals surface area contributed by atoms with Gasteiger partial charge in [-0.3, -0.25) is 9.67 Å². The minimum Gasteiger partial charge on any atom is -0.307 e. The van der Waals surface area contributed by atoms with Gasteiger partial charge in [0.1, 0.15) is 0 Å².